The third-order valence-corrected chi connectivity index (χ3v) is 6.58. The van der Waals surface area contributed by atoms with Crippen LogP contribution < -0.4 is 10.6 Å². The van der Waals surface area contributed by atoms with Crippen LogP contribution >= 0.6 is 0 Å². The summed E-state index contributed by atoms with van der Waals surface area (Å²) in [6.07, 6.45) is 1.11. The molecule has 3 aromatic carbocycles. The number of rotatable bonds is 4. The summed E-state index contributed by atoms with van der Waals surface area (Å²) in [6, 6.07) is 25.4. The van der Waals surface area contributed by atoms with Gasteiger partial charge in [0.1, 0.15) is 5.82 Å². The fraction of sp³-hybridized carbons (Fsp3) is 0.172. The van der Waals surface area contributed by atoms with Crippen LogP contribution in [0, 0.1) is 5.82 Å². The van der Waals surface area contributed by atoms with Gasteiger partial charge in [-0.15, -0.1) is 0 Å². The summed E-state index contributed by atoms with van der Waals surface area (Å²) in [6.45, 7) is 1.87. The molecular weight excluding hydrogens is 427 g/mol. The zero-order valence-corrected chi connectivity index (χ0v) is 18.8. The molecule has 2 N–H and O–H groups in total. The van der Waals surface area contributed by atoms with Crippen molar-refractivity contribution in [1.29, 1.82) is 0 Å². The van der Waals surface area contributed by atoms with Crippen molar-refractivity contribution in [3.05, 3.63) is 124 Å². The average molecular weight is 453 g/mol. The number of dihydropyridines is 1. The number of Topliss-reactive ketones (excluding diaryl/α,β-unsaturated/α-hetero) is 1. The molecule has 1 aliphatic carbocycles. The first-order valence-corrected chi connectivity index (χ1v) is 11.4. The van der Waals surface area contributed by atoms with Crippen molar-refractivity contribution in [3.8, 4) is 0 Å². The number of carbonyl (C=O) groups is 2. The Balaban J connectivity index is 1.54. The minimum Gasteiger partial charge on any atom is -0.362 e. The summed E-state index contributed by atoms with van der Waals surface area (Å²) < 4.78 is 13.3. The molecule has 0 spiro atoms. The maximum atomic E-state index is 13.6. The molecule has 0 saturated heterocycles. The molecular formula is C29H25FN2O2. The normalized spacial score (nSPS) is 20.0. The molecule has 2 unspecified atom stereocenters. The van der Waals surface area contributed by atoms with E-state index >= 15 is 0 Å². The molecule has 2 aliphatic rings. The number of hydrogen-bond donors (Lipinski definition) is 2. The molecule has 34 heavy (non-hydrogen) atoms. The Morgan fingerprint density at radius 2 is 1.50 bits per heavy atom. The Morgan fingerprint density at radius 1 is 0.882 bits per heavy atom. The highest BCUT2D eigenvalue weighted by molar-refractivity contribution is 6.10. The van der Waals surface area contributed by atoms with E-state index in [0.717, 1.165) is 16.8 Å². The van der Waals surface area contributed by atoms with Gasteiger partial charge in [0.05, 0.1) is 0 Å². The van der Waals surface area contributed by atoms with E-state index in [1.165, 1.54) is 24.3 Å². The summed E-state index contributed by atoms with van der Waals surface area (Å²) in [5.74, 6) is -1.00. The smallest absolute Gasteiger partial charge is 0.254 e. The summed E-state index contributed by atoms with van der Waals surface area (Å²) in [5.41, 5.74) is 5.29. The van der Waals surface area contributed by atoms with Gasteiger partial charge < -0.3 is 10.6 Å². The third-order valence-electron chi connectivity index (χ3n) is 6.58. The van der Waals surface area contributed by atoms with Crippen molar-refractivity contribution in [2.75, 3.05) is 5.32 Å². The lowest BCUT2D eigenvalue weighted by Crippen LogP contribution is -2.37. The van der Waals surface area contributed by atoms with E-state index in [-0.39, 0.29) is 23.4 Å². The number of carbonyl (C=O) groups excluding carboxylic acids is 2. The minimum atomic E-state index is -0.470. The van der Waals surface area contributed by atoms with Crippen LogP contribution in [-0.2, 0) is 9.59 Å². The van der Waals surface area contributed by atoms with Crippen LogP contribution in [0.3, 0.4) is 0 Å². The number of benzene rings is 3. The predicted octanol–water partition coefficient (Wildman–Crippen LogP) is 5.83. The number of anilines is 1. The zero-order chi connectivity index (χ0) is 23.7. The van der Waals surface area contributed by atoms with E-state index in [1.54, 1.807) is 0 Å². The Bertz CT molecular complexity index is 1290. The first-order valence-electron chi connectivity index (χ1n) is 11.4. The standard InChI is InChI=1S/C29H25FN2O2/c1-18-26(29(34)32-23-14-12-22(30)13-15-23)27(20-10-6-3-7-11-20)28-24(31-18)16-21(17-25(28)33)19-8-4-2-5-9-19/h2-15,21,27,31H,16-17H2,1H3,(H,32,34). The second-order valence-corrected chi connectivity index (χ2v) is 8.80. The van der Waals surface area contributed by atoms with Crippen molar-refractivity contribution in [1.82, 2.24) is 5.32 Å². The number of ketones is 1. The van der Waals surface area contributed by atoms with Crippen molar-refractivity contribution in [3.63, 3.8) is 0 Å². The summed E-state index contributed by atoms with van der Waals surface area (Å²) in [4.78, 5) is 27.0. The minimum absolute atomic E-state index is 0.0519. The van der Waals surface area contributed by atoms with Crippen LogP contribution in [0.15, 0.2) is 107 Å². The molecule has 0 saturated carbocycles. The van der Waals surface area contributed by atoms with Crippen LogP contribution in [0.4, 0.5) is 10.1 Å². The fourth-order valence-corrected chi connectivity index (χ4v) is 5.01. The van der Waals surface area contributed by atoms with E-state index in [0.29, 0.717) is 35.4 Å². The highest BCUT2D eigenvalue weighted by Crippen LogP contribution is 2.45. The Kier molecular flexibility index (Phi) is 5.84. The van der Waals surface area contributed by atoms with Crippen LogP contribution in [0.25, 0.3) is 0 Å². The molecule has 1 amide bonds. The maximum absolute atomic E-state index is 13.6. The third kappa shape index (κ3) is 4.17. The lowest BCUT2D eigenvalue weighted by Gasteiger charge is -2.37. The van der Waals surface area contributed by atoms with Crippen molar-refractivity contribution in [2.45, 2.75) is 31.6 Å². The summed E-state index contributed by atoms with van der Waals surface area (Å²) in [7, 11) is 0. The highest BCUT2D eigenvalue weighted by atomic mass is 19.1. The maximum Gasteiger partial charge on any atom is 0.254 e. The Labute approximate surface area is 198 Å². The molecule has 1 heterocycles. The van der Waals surface area contributed by atoms with Gasteiger partial charge >= 0.3 is 0 Å². The van der Waals surface area contributed by atoms with E-state index in [1.807, 2.05) is 55.5 Å². The van der Waals surface area contributed by atoms with Gasteiger partial charge in [-0.05, 0) is 54.7 Å². The van der Waals surface area contributed by atoms with Gasteiger partial charge in [0.25, 0.3) is 5.91 Å². The van der Waals surface area contributed by atoms with Crippen molar-refractivity contribution < 1.29 is 14.0 Å². The van der Waals surface area contributed by atoms with Gasteiger partial charge in [-0.1, -0.05) is 60.7 Å². The number of hydrogen-bond acceptors (Lipinski definition) is 3. The largest absolute Gasteiger partial charge is 0.362 e. The quantitative estimate of drug-likeness (QED) is 0.524. The van der Waals surface area contributed by atoms with E-state index in [9.17, 15) is 14.0 Å². The van der Waals surface area contributed by atoms with E-state index in [4.69, 9.17) is 0 Å². The van der Waals surface area contributed by atoms with Gasteiger partial charge in [-0.25, -0.2) is 4.39 Å². The van der Waals surface area contributed by atoms with E-state index in [2.05, 4.69) is 22.8 Å². The Hall–Kier alpha value is -3.99. The van der Waals surface area contributed by atoms with Gasteiger partial charge in [-0.3, -0.25) is 9.59 Å². The SMILES string of the molecule is CC1=C(C(=O)Nc2ccc(F)cc2)C(c2ccccc2)C2=C(CC(c3ccccc3)CC2=O)N1. The highest BCUT2D eigenvalue weighted by Gasteiger charge is 2.40. The monoisotopic (exact) mass is 452 g/mol. The zero-order valence-electron chi connectivity index (χ0n) is 18.8. The lowest BCUT2D eigenvalue weighted by atomic mass is 9.71. The van der Waals surface area contributed by atoms with Crippen LogP contribution in [0.2, 0.25) is 0 Å². The molecule has 3 aromatic rings. The summed E-state index contributed by atoms with van der Waals surface area (Å²) in [5, 5.41) is 6.27. The molecule has 5 heteroatoms. The van der Waals surface area contributed by atoms with E-state index < -0.39 is 5.92 Å². The molecule has 2 atom stereocenters. The molecule has 0 aromatic heterocycles. The van der Waals surface area contributed by atoms with Gasteiger partial charge in [0, 0.05) is 40.6 Å². The first-order chi connectivity index (χ1) is 16.5. The molecule has 0 fully saturated rings. The molecule has 0 radical (unpaired) electrons. The van der Waals surface area contributed by atoms with Gasteiger partial charge in [-0.2, -0.15) is 0 Å². The molecule has 4 nitrogen and oxygen atoms in total. The predicted molar refractivity (Wildman–Crippen MR) is 130 cm³/mol. The fourth-order valence-electron chi connectivity index (χ4n) is 5.01. The van der Waals surface area contributed by atoms with Crippen molar-refractivity contribution >= 4 is 17.4 Å². The molecule has 1 aliphatic heterocycles. The first kappa shape index (κ1) is 21.8. The number of nitrogens with one attached hydrogen (secondary N) is 2. The number of amides is 1. The summed E-state index contributed by atoms with van der Waals surface area (Å²) >= 11 is 0. The number of halogens is 1. The number of allylic oxidation sites excluding steroid dienone is 3. The molecule has 0 bridgehead atoms. The van der Waals surface area contributed by atoms with Gasteiger partial charge in [0.2, 0.25) is 0 Å². The second-order valence-electron chi connectivity index (χ2n) is 8.80. The average Bonchev–Trinajstić information content (AvgIpc) is 2.85. The van der Waals surface area contributed by atoms with Crippen LogP contribution in [0.5, 0.6) is 0 Å². The molecule has 170 valence electrons. The lowest BCUT2D eigenvalue weighted by molar-refractivity contribution is -0.116. The second kappa shape index (κ2) is 9.10. The van der Waals surface area contributed by atoms with Gasteiger partial charge in [0.15, 0.2) is 5.78 Å². The van der Waals surface area contributed by atoms with Crippen LogP contribution in [-0.4, -0.2) is 11.7 Å². The Morgan fingerprint density at radius 3 is 2.15 bits per heavy atom. The van der Waals surface area contributed by atoms with Crippen LogP contribution in [0.1, 0.15) is 42.7 Å². The topological polar surface area (TPSA) is 58.2 Å². The van der Waals surface area contributed by atoms with Crippen molar-refractivity contribution in [2.24, 2.45) is 0 Å². The molecule has 5 rings (SSSR count).